The minimum Gasteiger partial charge on any atom is -0.456 e. The minimum atomic E-state index is -0.433. The first-order chi connectivity index (χ1) is 7.77. The number of nitrogens with two attached hydrogens (primary N) is 1. The van der Waals surface area contributed by atoms with E-state index in [0.717, 1.165) is 16.4 Å². The summed E-state index contributed by atoms with van der Waals surface area (Å²) >= 11 is 0. The zero-order chi connectivity index (χ0) is 11.1. The third kappa shape index (κ3) is 1.65. The van der Waals surface area contributed by atoms with Crippen molar-refractivity contribution in [1.82, 2.24) is 0 Å². The molecule has 0 aliphatic rings. The normalized spacial score (nSPS) is 10.4. The van der Waals surface area contributed by atoms with Crippen molar-refractivity contribution < 1.29 is 9.21 Å². The van der Waals surface area contributed by atoms with Crippen molar-refractivity contribution in [2.75, 3.05) is 0 Å². The second-order valence-electron chi connectivity index (χ2n) is 3.64. The molecule has 1 heterocycles. The maximum Gasteiger partial charge on any atom is 0.249 e. The Kier molecular flexibility index (Phi) is 2.77. The van der Waals surface area contributed by atoms with E-state index < -0.39 is 5.91 Å². The summed E-state index contributed by atoms with van der Waals surface area (Å²) in [5, 5.41) is 1.72. The Bertz CT molecular complexity index is 703. The number of carbonyl (C=O) groups is 1. The van der Waals surface area contributed by atoms with Crippen molar-refractivity contribution >= 4 is 40.3 Å². The molecule has 1 aromatic heterocycles. The van der Waals surface area contributed by atoms with Crippen LogP contribution in [0.25, 0.3) is 21.9 Å². The number of rotatable bonds is 1. The Labute approximate surface area is 104 Å². The van der Waals surface area contributed by atoms with Gasteiger partial charge in [0, 0.05) is 10.8 Å². The quantitative estimate of drug-likeness (QED) is 0.718. The molecule has 1 amide bonds. The molecule has 0 fully saturated rings. The van der Waals surface area contributed by atoms with E-state index in [2.05, 4.69) is 0 Å². The van der Waals surface area contributed by atoms with E-state index in [0.29, 0.717) is 11.1 Å². The molecule has 0 spiro atoms. The van der Waals surface area contributed by atoms with Crippen molar-refractivity contribution in [1.29, 1.82) is 0 Å². The van der Waals surface area contributed by atoms with E-state index in [9.17, 15) is 4.79 Å². The number of benzene rings is 2. The van der Waals surface area contributed by atoms with Gasteiger partial charge in [-0.3, -0.25) is 4.79 Å². The van der Waals surface area contributed by atoms with Gasteiger partial charge in [-0.15, -0.1) is 12.4 Å². The number of halogens is 1. The highest BCUT2D eigenvalue weighted by molar-refractivity contribution is 6.15. The van der Waals surface area contributed by atoms with Crippen molar-refractivity contribution in [3.63, 3.8) is 0 Å². The van der Waals surface area contributed by atoms with Gasteiger partial charge < -0.3 is 10.2 Å². The number of hydrogen-bond donors (Lipinski definition) is 1. The summed E-state index contributed by atoms with van der Waals surface area (Å²) in [6.45, 7) is 0. The summed E-state index contributed by atoms with van der Waals surface area (Å²) in [4.78, 5) is 11.3. The molecule has 2 N–H and O–H groups in total. The molecule has 0 radical (unpaired) electrons. The molecule has 0 aliphatic carbocycles. The molecular weight excluding hydrogens is 238 g/mol. The van der Waals surface area contributed by atoms with Gasteiger partial charge in [-0.25, -0.2) is 0 Å². The van der Waals surface area contributed by atoms with E-state index in [1.54, 1.807) is 12.1 Å². The second-order valence-corrected chi connectivity index (χ2v) is 3.64. The molecule has 0 saturated heterocycles. The van der Waals surface area contributed by atoms with E-state index in [4.69, 9.17) is 10.2 Å². The standard InChI is InChI=1S/C13H9NO2.ClH/c14-13(15)9-5-3-7-11-12(9)8-4-1-2-6-10(8)16-11;/h1-7H,(H2,14,15);1H. The van der Waals surface area contributed by atoms with Crippen LogP contribution in [0.3, 0.4) is 0 Å². The van der Waals surface area contributed by atoms with Gasteiger partial charge in [-0.1, -0.05) is 24.3 Å². The average molecular weight is 248 g/mol. The van der Waals surface area contributed by atoms with Crippen LogP contribution in [0.4, 0.5) is 0 Å². The molecule has 0 unspecified atom stereocenters. The molecule has 0 aliphatic heterocycles. The first-order valence-electron chi connectivity index (χ1n) is 4.97. The Morgan fingerprint density at radius 1 is 1.00 bits per heavy atom. The fraction of sp³-hybridized carbons (Fsp3) is 0. The van der Waals surface area contributed by atoms with Gasteiger partial charge in [0.25, 0.3) is 0 Å². The van der Waals surface area contributed by atoms with Gasteiger partial charge in [0.15, 0.2) is 0 Å². The van der Waals surface area contributed by atoms with Gasteiger partial charge in [-0.05, 0) is 18.2 Å². The van der Waals surface area contributed by atoms with E-state index in [1.165, 1.54) is 0 Å². The molecule has 2 aromatic carbocycles. The summed E-state index contributed by atoms with van der Waals surface area (Å²) in [6.07, 6.45) is 0. The van der Waals surface area contributed by atoms with Crippen LogP contribution in [0, 0.1) is 0 Å². The molecule has 86 valence electrons. The Morgan fingerprint density at radius 2 is 1.71 bits per heavy atom. The summed E-state index contributed by atoms with van der Waals surface area (Å²) in [7, 11) is 0. The lowest BCUT2D eigenvalue weighted by Gasteiger charge is -1.96. The van der Waals surface area contributed by atoms with Crippen molar-refractivity contribution in [2.24, 2.45) is 5.73 Å². The number of furan rings is 1. The number of amides is 1. The molecule has 3 rings (SSSR count). The highest BCUT2D eigenvalue weighted by Crippen LogP contribution is 2.30. The predicted molar refractivity (Wildman–Crippen MR) is 69.5 cm³/mol. The van der Waals surface area contributed by atoms with Crippen LogP contribution >= 0.6 is 12.4 Å². The number of para-hydroxylation sites is 1. The molecular formula is C13H10ClNO2. The number of hydrogen-bond acceptors (Lipinski definition) is 2. The van der Waals surface area contributed by atoms with Crippen LogP contribution in [0.2, 0.25) is 0 Å². The Hall–Kier alpha value is -2.00. The summed E-state index contributed by atoms with van der Waals surface area (Å²) < 4.78 is 5.64. The monoisotopic (exact) mass is 247 g/mol. The molecule has 0 atom stereocenters. The summed E-state index contributed by atoms with van der Waals surface area (Å²) in [6, 6.07) is 12.9. The van der Waals surface area contributed by atoms with Gasteiger partial charge in [-0.2, -0.15) is 0 Å². The van der Waals surface area contributed by atoms with Crippen molar-refractivity contribution in [3.8, 4) is 0 Å². The molecule has 3 aromatic rings. The first-order valence-corrected chi connectivity index (χ1v) is 4.97. The van der Waals surface area contributed by atoms with Gasteiger partial charge in [0.2, 0.25) is 5.91 Å². The number of carbonyl (C=O) groups excluding carboxylic acids is 1. The summed E-state index contributed by atoms with van der Waals surface area (Å²) in [5.41, 5.74) is 7.31. The number of primary amides is 1. The first kappa shape index (κ1) is 11.5. The lowest BCUT2D eigenvalue weighted by molar-refractivity contribution is 0.100. The fourth-order valence-corrected chi connectivity index (χ4v) is 1.98. The molecule has 0 saturated carbocycles. The zero-order valence-electron chi connectivity index (χ0n) is 8.84. The van der Waals surface area contributed by atoms with E-state index >= 15 is 0 Å². The highest BCUT2D eigenvalue weighted by Gasteiger charge is 2.12. The fourth-order valence-electron chi connectivity index (χ4n) is 1.98. The zero-order valence-corrected chi connectivity index (χ0v) is 9.66. The third-order valence-corrected chi connectivity index (χ3v) is 2.67. The van der Waals surface area contributed by atoms with Crippen molar-refractivity contribution in [3.05, 3.63) is 48.0 Å². The number of fused-ring (bicyclic) bond motifs is 3. The second kappa shape index (κ2) is 4.11. The Balaban J connectivity index is 0.00000108. The lowest BCUT2D eigenvalue weighted by Crippen LogP contribution is -2.10. The van der Waals surface area contributed by atoms with Crippen LogP contribution in [-0.4, -0.2) is 5.91 Å². The van der Waals surface area contributed by atoms with E-state index in [-0.39, 0.29) is 12.4 Å². The molecule has 17 heavy (non-hydrogen) atoms. The van der Waals surface area contributed by atoms with Crippen LogP contribution in [-0.2, 0) is 0 Å². The summed E-state index contributed by atoms with van der Waals surface area (Å²) in [5.74, 6) is -0.433. The predicted octanol–water partition coefficient (Wildman–Crippen LogP) is 3.11. The topological polar surface area (TPSA) is 56.2 Å². The maximum atomic E-state index is 11.3. The largest absolute Gasteiger partial charge is 0.456 e. The Morgan fingerprint density at radius 3 is 2.47 bits per heavy atom. The van der Waals surface area contributed by atoms with Crippen LogP contribution in [0.1, 0.15) is 10.4 Å². The average Bonchev–Trinajstić information content (AvgIpc) is 2.66. The maximum absolute atomic E-state index is 11.3. The van der Waals surface area contributed by atoms with Gasteiger partial charge in [0.1, 0.15) is 11.2 Å². The highest BCUT2D eigenvalue weighted by atomic mass is 35.5. The molecule has 3 nitrogen and oxygen atoms in total. The molecule has 0 bridgehead atoms. The smallest absolute Gasteiger partial charge is 0.249 e. The van der Waals surface area contributed by atoms with Gasteiger partial charge in [0.05, 0.1) is 5.56 Å². The van der Waals surface area contributed by atoms with Crippen LogP contribution in [0.15, 0.2) is 46.9 Å². The minimum absolute atomic E-state index is 0. The molecule has 4 heteroatoms. The van der Waals surface area contributed by atoms with Crippen LogP contribution in [0.5, 0.6) is 0 Å². The van der Waals surface area contributed by atoms with Crippen molar-refractivity contribution in [2.45, 2.75) is 0 Å². The third-order valence-electron chi connectivity index (χ3n) is 2.67. The van der Waals surface area contributed by atoms with Gasteiger partial charge >= 0.3 is 0 Å². The van der Waals surface area contributed by atoms with E-state index in [1.807, 2.05) is 30.3 Å². The lowest BCUT2D eigenvalue weighted by atomic mass is 10.1. The van der Waals surface area contributed by atoms with Crippen LogP contribution < -0.4 is 5.73 Å². The SMILES string of the molecule is Cl.NC(=O)c1cccc2oc3ccccc3c12.